The third-order valence-corrected chi connectivity index (χ3v) is 5.43. The lowest BCUT2D eigenvalue weighted by Gasteiger charge is -2.09. The number of nitrogens with zero attached hydrogens (tertiary/aromatic N) is 6. The van der Waals surface area contributed by atoms with Gasteiger partial charge in [0.25, 0.3) is 0 Å². The summed E-state index contributed by atoms with van der Waals surface area (Å²) in [5, 5.41) is 16.5. The van der Waals surface area contributed by atoms with E-state index in [-0.39, 0.29) is 0 Å². The molecule has 0 aliphatic carbocycles. The Labute approximate surface area is 153 Å². The largest absolute Gasteiger partial charge is 0.308 e. The van der Waals surface area contributed by atoms with Crippen LogP contribution in [0.25, 0.3) is 10.6 Å². The molecule has 0 radical (unpaired) electrons. The summed E-state index contributed by atoms with van der Waals surface area (Å²) >= 11 is 9.16. The minimum atomic E-state index is 0.732. The van der Waals surface area contributed by atoms with Gasteiger partial charge in [0.1, 0.15) is 5.01 Å². The van der Waals surface area contributed by atoms with E-state index in [1.165, 1.54) is 0 Å². The van der Waals surface area contributed by atoms with E-state index >= 15 is 0 Å². The maximum atomic E-state index is 5.93. The molecular weight excluding hydrogens is 364 g/mol. The molecule has 24 heavy (non-hydrogen) atoms. The number of rotatable bonds is 7. The molecule has 1 aromatic carbocycles. The van der Waals surface area contributed by atoms with Crippen molar-refractivity contribution >= 4 is 34.7 Å². The van der Waals surface area contributed by atoms with Gasteiger partial charge in [0.05, 0.1) is 12.2 Å². The van der Waals surface area contributed by atoms with Crippen molar-refractivity contribution < 1.29 is 0 Å². The Morgan fingerprint density at radius 2 is 2.04 bits per heavy atom. The number of hydrogen-bond acceptors (Lipinski definition) is 7. The van der Waals surface area contributed by atoms with Crippen molar-refractivity contribution in [1.82, 2.24) is 30.1 Å². The van der Waals surface area contributed by atoms with Crippen LogP contribution in [0.5, 0.6) is 0 Å². The van der Waals surface area contributed by atoms with Crippen LogP contribution in [0.1, 0.15) is 5.69 Å². The minimum absolute atomic E-state index is 0.732. The van der Waals surface area contributed by atoms with Gasteiger partial charge in [0.2, 0.25) is 5.16 Å². The first-order valence-electron chi connectivity index (χ1n) is 7.36. The van der Waals surface area contributed by atoms with Crippen LogP contribution in [0.3, 0.4) is 0 Å². The first kappa shape index (κ1) is 17.3. The zero-order valence-electron chi connectivity index (χ0n) is 13.4. The van der Waals surface area contributed by atoms with Gasteiger partial charge in [-0.1, -0.05) is 35.5 Å². The summed E-state index contributed by atoms with van der Waals surface area (Å²) in [6.45, 7) is 1.67. The van der Waals surface area contributed by atoms with Gasteiger partial charge in [-0.25, -0.2) is 9.67 Å². The lowest BCUT2D eigenvalue weighted by atomic mass is 10.2. The van der Waals surface area contributed by atoms with Crippen molar-refractivity contribution in [2.45, 2.75) is 17.5 Å². The molecule has 0 saturated carbocycles. The van der Waals surface area contributed by atoms with Gasteiger partial charge in [0, 0.05) is 28.3 Å². The minimum Gasteiger partial charge on any atom is -0.308 e. The van der Waals surface area contributed by atoms with E-state index < -0.39 is 0 Å². The fourth-order valence-electron chi connectivity index (χ4n) is 1.97. The molecule has 0 amide bonds. The monoisotopic (exact) mass is 380 g/mol. The number of benzene rings is 1. The highest BCUT2D eigenvalue weighted by Crippen LogP contribution is 2.27. The summed E-state index contributed by atoms with van der Waals surface area (Å²) in [5.41, 5.74) is 2.11. The zero-order valence-corrected chi connectivity index (χ0v) is 15.8. The molecule has 0 unspecified atom stereocenters. The Kier molecular flexibility index (Phi) is 5.83. The van der Waals surface area contributed by atoms with Crippen molar-refractivity contribution in [2.24, 2.45) is 0 Å². The van der Waals surface area contributed by atoms with Crippen molar-refractivity contribution in [3.8, 4) is 10.6 Å². The summed E-state index contributed by atoms with van der Waals surface area (Å²) in [4.78, 5) is 6.79. The molecule has 0 aliphatic heterocycles. The fraction of sp³-hybridized carbons (Fsp3) is 0.333. The number of aromatic nitrogens is 5. The number of thioether (sulfide) groups is 1. The van der Waals surface area contributed by atoms with E-state index in [9.17, 15) is 0 Å². The molecule has 126 valence electrons. The second-order valence-corrected chi connectivity index (χ2v) is 7.66. The molecule has 2 aromatic heterocycles. The Morgan fingerprint density at radius 1 is 1.25 bits per heavy atom. The first-order valence-corrected chi connectivity index (χ1v) is 9.60. The molecule has 2 heterocycles. The highest BCUT2D eigenvalue weighted by Gasteiger charge is 2.10. The average Bonchev–Trinajstić information content (AvgIpc) is 3.21. The lowest BCUT2D eigenvalue weighted by molar-refractivity contribution is 0.361. The van der Waals surface area contributed by atoms with Crippen molar-refractivity contribution in [1.29, 1.82) is 0 Å². The van der Waals surface area contributed by atoms with E-state index in [1.807, 2.05) is 43.0 Å². The maximum Gasteiger partial charge on any atom is 0.209 e. The van der Waals surface area contributed by atoms with Gasteiger partial charge in [-0.05, 0) is 36.7 Å². The van der Waals surface area contributed by atoms with Crippen molar-refractivity contribution in [2.75, 3.05) is 20.6 Å². The lowest BCUT2D eigenvalue weighted by Crippen LogP contribution is -2.19. The third kappa shape index (κ3) is 4.54. The molecule has 0 bridgehead atoms. The quantitative estimate of drug-likeness (QED) is 0.586. The fourth-order valence-corrected chi connectivity index (χ4v) is 3.82. The molecular formula is C15H17ClN6S2. The predicted molar refractivity (Wildman–Crippen MR) is 98.5 cm³/mol. The summed E-state index contributed by atoms with van der Waals surface area (Å²) < 4.78 is 1.83. The number of hydrogen-bond donors (Lipinski definition) is 0. The first-order chi connectivity index (χ1) is 11.6. The summed E-state index contributed by atoms with van der Waals surface area (Å²) in [6, 6.07) is 7.73. The number of likely N-dealkylation sites (N-methyl/N-ethyl adjacent to an activating group) is 1. The molecule has 0 fully saturated rings. The molecule has 6 nitrogen and oxygen atoms in total. The van der Waals surface area contributed by atoms with Crippen LogP contribution >= 0.6 is 34.7 Å². The van der Waals surface area contributed by atoms with Gasteiger partial charge in [-0.15, -0.1) is 16.4 Å². The maximum absolute atomic E-state index is 5.93. The number of tetrazole rings is 1. The van der Waals surface area contributed by atoms with Crippen LogP contribution in [0.4, 0.5) is 0 Å². The van der Waals surface area contributed by atoms with Gasteiger partial charge < -0.3 is 4.90 Å². The second-order valence-electron chi connectivity index (χ2n) is 5.43. The Balaban J connectivity index is 1.62. The van der Waals surface area contributed by atoms with Crippen LogP contribution in [0.15, 0.2) is 34.8 Å². The van der Waals surface area contributed by atoms with Gasteiger partial charge in [-0.3, -0.25) is 0 Å². The summed E-state index contributed by atoms with van der Waals surface area (Å²) in [7, 11) is 4.06. The number of halogens is 1. The standard InChI is InChI=1S/C15H17ClN6S2/c1-21(2)7-8-22-15(18-19-20-22)24-10-13-9-23-14(17-13)11-3-5-12(16)6-4-11/h3-6,9H,7-8,10H2,1-2H3. The van der Waals surface area contributed by atoms with Gasteiger partial charge in [0.15, 0.2) is 0 Å². The van der Waals surface area contributed by atoms with E-state index in [0.717, 1.165) is 45.3 Å². The Morgan fingerprint density at radius 3 is 2.79 bits per heavy atom. The summed E-state index contributed by atoms with van der Waals surface area (Å²) in [6.07, 6.45) is 0. The average molecular weight is 381 g/mol. The van der Waals surface area contributed by atoms with Crippen LogP contribution in [0, 0.1) is 0 Å². The third-order valence-electron chi connectivity index (χ3n) is 3.25. The van der Waals surface area contributed by atoms with E-state index in [2.05, 4.69) is 30.8 Å². The molecule has 0 saturated heterocycles. The second kappa shape index (κ2) is 8.06. The highest BCUT2D eigenvalue weighted by atomic mass is 35.5. The van der Waals surface area contributed by atoms with Crippen LogP contribution in [0.2, 0.25) is 5.02 Å². The van der Waals surface area contributed by atoms with Crippen molar-refractivity contribution in [3.63, 3.8) is 0 Å². The van der Waals surface area contributed by atoms with Gasteiger partial charge in [-0.2, -0.15) is 0 Å². The van der Waals surface area contributed by atoms with Crippen LogP contribution in [-0.2, 0) is 12.3 Å². The Bertz CT molecular complexity index is 783. The molecule has 3 rings (SSSR count). The highest BCUT2D eigenvalue weighted by molar-refractivity contribution is 7.98. The van der Waals surface area contributed by atoms with E-state index in [0.29, 0.717) is 0 Å². The normalized spacial score (nSPS) is 11.3. The zero-order chi connectivity index (χ0) is 16.9. The van der Waals surface area contributed by atoms with E-state index in [4.69, 9.17) is 11.6 Å². The van der Waals surface area contributed by atoms with Gasteiger partial charge >= 0.3 is 0 Å². The van der Waals surface area contributed by atoms with Crippen LogP contribution in [-0.4, -0.2) is 50.7 Å². The smallest absolute Gasteiger partial charge is 0.209 e. The molecule has 0 aliphatic rings. The molecule has 9 heteroatoms. The SMILES string of the molecule is CN(C)CCn1nnnc1SCc1csc(-c2ccc(Cl)cc2)n1. The topological polar surface area (TPSA) is 59.7 Å². The number of thiazole rings is 1. The molecule has 0 spiro atoms. The molecule has 0 N–H and O–H groups in total. The van der Waals surface area contributed by atoms with E-state index in [1.54, 1.807) is 23.1 Å². The summed E-state index contributed by atoms with van der Waals surface area (Å²) in [5.74, 6) is 0.742. The predicted octanol–water partition coefficient (Wildman–Crippen LogP) is 3.30. The van der Waals surface area contributed by atoms with Crippen LogP contribution < -0.4 is 0 Å². The molecule has 3 aromatic rings. The Hall–Kier alpha value is -1.48. The molecule has 0 atom stereocenters. The van der Waals surface area contributed by atoms with Crippen molar-refractivity contribution in [3.05, 3.63) is 40.4 Å².